The van der Waals surface area contributed by atoms with E-state index >= 15 is 0 Å². The highest BCUT2D eigenvalue weighted by atomic mass is 14.5. The van der Waals surface area contributed by atoms with Crippen molar-refractivity contribution in [3.8, 4) is 55.6 Å². The number of hydrogen-bond donors (Lipinski definition) is 0. The molecule has 64 heavy (non-hydrogen) atoms. The van der Waals surface area contributed by atoms with Gasteiger partial charge in [0.2, 0.25) is 0 Å². The molecule has 11 aromatic carbocycles. The highest BCUT2D eigenvalue weighted by molar-refractivity contribution is 6.32. The molecule has 0 spiro atoms. The van der Waals surface area contributed by atoms with Gasteiger partial charge < -0.3 is 0 Å². The Hall–Kier alpha value is -7.54. The van der Waals surface area contributed by atoms with Crippen LogP contribution in [0.2, 0.25) is 0 Å². The molecule has 0 amide bonds. The quantitative estimate of drug-likeness (QED) is 0.152. The predicted octanol–water partition coefficient (Wildman–Crippen LogP) is 17.6. The van der Waals surface area contributed by atoms with Crippen LogP contribution in [0.5, 0.6) is 0 Å². The largest absolute Gasteiger partial charge is 0.0622 e. The summed E-state index contributed by atoms with van der Waals surface area (Å²) < 4.78 is 0. The monoisotopic (exact) mass is 814 g/mol. The summed E-state index contributed by atoms with van der Waals surface area (Å²) in [5, 5.41) is 10.3. The fourth-order valence-electron chi connectivity index (χ4n) is 12.0. The second kappa shape index (κ2) is 13.5. The van der Waals surface area contributed by atoms with Gasteiger partial charge in [-0.05, 0) is 150 Å². The van der Waals surface area contributed by atoms with Crippen molar-refractivity contribution >= 4 is 54.2 Å². The van der Waals surface area contributed by atoms with Crippen LogP contribution in [0.1, 0.15) is 49.9 Å². The van der Waals surface area contributed by atoms with Gasteiger partial charge in [-0.15, -0.1) is 0 Å². The molecule has 0 nitrogen and oxygen atoms in total. The highest BCUT2D eigenvalue weighted by Crippen LogP contribution is 2.63. The molecule has 302 valence electrons. The second-order valence-electron chi connectivity index (χ2n) is 19.2. The van der Waals surface area contributed by atoms with Gasteiger partial charge in [0.15, 0.2) is 0 Å². The molecule has 13 rings (SSSR count). The van der Waals surface area contributed by atoms with Gasteiger partial charge in [-0.25, -0.2) is 0 Å². The van der Waals surface area contributed by atoms with Crippen LogP contribution in [0.4, 0.5) is 0 Å². The molecule has 0 unspecified atom stereocenters. The van der Waals surface area contributed by atoms with Crippen LogP contribution < -0.4 is 0 Å². The Morgan fingerprint density at radius 2 is 0.656 bits per heavy atom. The molecule has 0 heteroatoms. The Labute approximate surface area is 375 Å². The van der Waals surface area contributed by atoms with Crippen molar-refractivity contribution in [2.45, 2.75) is 38.5 Å². The minimum Gasteiger partial charge on any atom is -0.0622 e. The average molecular weight is 815 g/mol. The van der Waals surface area contributed by atoms with Crippen LogP contribution in [0, 0.1) is 0 Å². The van der Waals surface area contributed by atoms with Crippen molar-refractivity contribution in [3.63, 3.8) is 0 Å². The maximum Gasteiger partial charge on any atom is 0.0162 e. The lowest BCUT2D eigenvalue weighted by Gasteiger charge is -2.28. The van der Waals surface area contributed by atoms with E-state index in [0.29, 0.717) is 0 Å². The summed E-state index contributed by atoms with van der Waals surface area (Å²) in [4.78, 5) is 0. The lowest BCUT2D eigenvalue weighted by atomic mass is 9.75. The Morgan fingerprint density at radius 3 is 1.25 bits per heavy atom. The zero-order chi connectivity index (χ0) is 42.9. The molecule has 0 N–H and O–H groups in total. The third-order valence-electron chi connectivity index (χ3n) is 15.0. The molecular weight excluding hydrogens is 769 g/mol. The van der Waals surface area contributed by atoms with E-state index in [9.17, 15) is 0 Å². The van der Waals surface area contributed by atoms with Gasteiger partial charge in [0.25, 0.3) is 0 Å². The molecule has 0 radical (unpaired) electrons. The van der Waals surface area contributed by atoms with Crippen LogP contribution >= 0.6 is 0 Å². The lowest BCUT2D eigenvalue weighted by Crippen LogP contribution is -2.19. The molecular formula is C64H46. The van der Waals surface area contributed by atoms with Crippen molar-refractivity contribution in [2.75, 3.05) is 0 Å². The Kier molecular flexibility index (Phi) is 7.80. The number of fused-ring (bicyclic) bond motifs is 5. The molecule has 11 aromatic rings. The number of hydrogen-bond acceptors (Lipinski definition) is 0. The fraction of sp³-hybridized carbons (Fsp3) is 0.0938. The zero-order valence-corrected chi connectivity index (χ0v) is 36.6. The first-order valence-corrected chi connectivity index (χ1v) is 22.8. The van der Waals surface area contributed by atoms with Gasteiger partial charge in [-0.1, -0.05) is 216 Å². The number of rotatable bonds is 5. The molecule has 0 heterocycles. The Balaban J connectivity index is 1.06. The van der Waals surface area contributed by atoms with Gasteiger partial charge in [-0.2, -0.15) is 0 Å². The van der Waals surface area contributed by atoms with E-state index in [-0.39, 0.29) is 10.8 Å². The molecule has 0 bridgehead atoms. The fourth-order valence-corrected chi connectivity index (χ4v) is 12.0. The predicted molar refractivity (Wildman–Crippen MR) is 274 cm³/mol. The maximum absolute atomic E-state index is 2.53. The van der Waals surface area contributed by atoms with Crippen molar-refractivity contribution in [3.05, 3.63) is 229 Å². The first-order valence-electron chi connectivity index (χ1n) is 22.8. The van der Waals surface area contributed by atoms with E-state index in [1.54, 1.807) is 0 Å². The van der Waals surface area contributed by atoms with Crippen molar-refractivity contribution in [1.29, 1.82) is 0 Å². The minimum atomic E-state index is -0.140. The molecule has 0 aromatic heterocycles. The van der Waals surface area contributed by atoms with Crippen LogP contribution in [0.25, 0.3) is 110 Å². The van der Waals surface area contributed by atoms with Crippen molar-refractivity contribution in [2.24, 2.45) is 0 Å². The van der Waals surface area contributed by atoms with Crippen LogP contribution in [-0.4, -0.2) is 0 Å². The van der Waals surface area contributed by atoms with Crippen LogP contribution in [0.3, 0.4) is 0 Å². The third kappa shape index (κ3) is 5.17. The summed E-state index contributed by atoms with van der Waals surface area (Å²) in [7, 11) is 0. The van der Waals surface area contributed by atoms with Gasteiger partial charge in [0, 0.05) is 10.8 Å². The van der Waals surface area contributed by atoms with E-state index in [2.05, 4.69) is 234 Å². The van der Waals surface area contributed by atoms with Gasteiger partial charge in [0.1, 0.15) is 0 Å². The smallest absolute Gasteiger partial charge is 0.0162 e. The molecule has 2 aliphatic rings. The van der Waals surface area contributed by atoms with E-state index < -0.39 is 0 Å². The molecule has 0 fully saturated rings. The summed E-state index contributed by atoms with van der Waals surface area (Å²) in [6.45, 7) is 9.71. The Morgan fingerprint density at radius 1 is 0.250 bits per heavy atom. The standard InChI is InChI=1S/C64H46/c1-63(2)57-25-14-13-23-51(57)61-62(63)52-31-30-44(36-58(52)64(61,3)4)56-38-54(41-18-9-6-10-19-41)48-32-33-49-55(37-53(40-16-7-5-8-17-40)47-34-35-50(56)60(48)59(47)49)43-28-26-42(27-29-43)46-24-15-21-39-20-11-12-22-45(39)46/h5-38H,1-4H3. The molecule has 0 saturated heterocycles. The normalized spacial score (nSPS) is 14.8. The first kappa shape index (κ1) is 37.1. The molecule has 2 aliphatic carbocycles. The summed E-state index contributed by atoms with van der Waals surface area (Å²) in [5.74, 6) is 0. The van der Waals surface area contributed by atoms with Gasteiger partial charge >= 0.3 is 0 Å². The van der Waals surface area contributed by atoms with Gasteiger partial charge in [-0.3, -0.25) is 0 Å². The zero-order valence-electron chi connectivity index (χ0n) is 36.6. The maximum atomic E-state index is 2.53. The number of benzene rings is 11. The highest BCUT2D eigenvalue weighted by Gasteiger charge is 2.49. The average Bonchev–Trinajstić information content (AvgIpc) is 3.74. The topological polar surface area (TPSA) is 0 Å². The van der Waals surface area contributed by atoms with Crippen molar-refractivity contribution in [1.82, 2.24) is 0 Å². The molecule has 0 aliphatic heterocycles. The first-order chi connectivity index (χ1) is 31.3. The van der Waals surface area contributed by atoms with E-state index in [1.165, 1.54) is 132 Å². The van der Waals surface area contributed by atoms with E-state index in [4.69, 9.17) is 0 Å². The van der Waals surface area contributed by atoms with E-state index in [1.807, 2.05) is 0 Å². The summed E-state index contributed by atoms with van der Waals surface area (Å²) in [5.41, 5.74) is 20.9. The SMILES string of the molecule is CC1(C)C2=C(c3ccccc31)C(C)(C)c1cc(-c3cc(-c4ccccc4)c4ccc5c(-c6ccc(-c7cccc8ccccc78)cc6)cc(-c6ccccc6)c6ccc3c4c56)ccc12. The lowest BCUT2D eigenvalue weighted by molar-refractivity contribution is 0.694. The van der Waals surface area contributed by atoms with Gasteiger partial charge in [0.05, 0.1) is 0 Å². The summed E-state index contributed by atoms with van der Waals surface area (Å²) in [6.07, 6.45) is 0. The van der Waals surface area contributed by atoms with Crippen molar-refractivity contribution < 1.29 is 0 Å². The van der Waals surface area contributed by atoms with E-state index in [0.717, 1.165) is 0 Å². The van der Waals surface area contributed by atoms with Crippen LogP contribution in [0.15, 0.2) is 206 Å². The number of allylic oxidation sites excluding steroid dienone is 2. The Bertz CT molecular complexity index is 3720. The minimum absolute atomic E-state index is 0.0617. The summed E-state index contributed by atoms with van der Waals surface area (Å²) in [6, 6.07) is 77.6. The molecule has 0 atom stereocenters. The third-order valence-corrected chi connectivity index (χ3v) is 15.0. The second-order valence-corrected chi connectivity index (χ2v) is 19.2. The van der Waals surface area contributed by atoms with Crippen LogP contribution in [-0.2, 0) is 10.8 Å². The molecule has 0 saturated carbocycles. The summed E-state index contributed by atoms with van der Waals surface area (Å²) >= 11 is 0.